The summed E-state index contributed by atoms with van der Waals surface area (Å²) < 4.78 is 1.60. The molecule has 0 radical (unpaired) electrons. The summed E-state index contributed by atoms with van der Waals surface area (Å²) in [7, 11) is 5.78. The van der Waals surface area contributed by atoms with Crippen LogP contribution >= 0.6 is 11.8 Å². The standard InChI is InChI=1S/C18H27N5O2S/c1-5-6-11-23-17(25)19-20-18(23)26-13-16(24)22(4)12-14-7-9-15(10-8-14)21(2)3/h7-10H,5-6,11-13H2,1-4H3,(H,19,25). The molecule has 0 saturated carbocycles. The van der Waals surface area contributed by atoms with E-state index in [4.69, 9.17) is 0 Å². The van der Waals surface area contributed by atoms with E-state index in [-0.39, 0.29) is 17.3 Å². The quantitative estimate of drug-likeness (QED) is 0.678. The number of anilines is 1. The molecule has 0 bridgehead atoms. The highest BCUT2D eigenvalue weighted by Gasteiger charge is 2.14. The van der Waals surface area contributed by atoms with Crippen LogP contribution in [0.2, 0.25) is 0 Å². The molecule has 0 spiro atoms. The normalized spacial score (nSPS) is 10.8. The van der Waals surface area contributed by atoms with Crippen LogP contribution in [0.5, 0.6) is 0 Å². The van der Waals surface area contributed by atoms with E-state index in [9.17, 15) is 9.59 Å². The second-order valence-electron chi connectivity index (χ2n) is 6.42. The number of aromatic nitrogens is 3. The molecule has 2 aromatic rings. The highest BCUT2D eigenvalue weighted by Crippen LogP contribution is 2.16. The molecular weight excluding hydrogens is 350 g/mol. The minimum Gasteiger partial charge on any atom is -0.378 e. The third-order valence-corrected chi connectivity index (χ3v) is 5.04. The molecule has 0 aliphatic rings. The highest BCUT2D eigenvalue weighted by atomic mass is 32.2. The predicted octanol–water partition coefficient (Wildman–Crippen LogP) is 2.19. The molecule has 0 atom stereocenters. The number of thioether (sulfide) groups is 1. The smallest absolute Gasteiger partial charge is 0.343 e. The second-order valence-corrected chi connectivity index (χ2v) is 7.36. The van der Waals surface area contributed by atoms with Crippen molar-refractivity contribution in [3.63, 3.8) is 0 Å². The molecule has 26 heavy (non-hydrogen) atoms. The van der Waals surface area contributed by atoms with Crippen LogP contribution in [0, 0.1) is 0 Å². The molecule has 0 fully saturated rings. The molecule has 0 aliphatic heterocycles. The van der Waals surface area contributed by atoms with Gasteiger partial charge < -0.3 is 9.80 Å². The first-order valence-corrected chi connectivity index (χ1v) is 9.69. The van der Waals surface area contributed by atoms with Crippen molar-refractivity contribution in [3.05, 3.63) is 40.3 Å². The maximum atomic E-state index is 12.4. The van der Waals surface area contributed by atoms with E-state index in [0.29, 0.717) is 18.2 Å². The van der Waals surface area contributed by atoms with Crippen LogP contribution in [-0.2, 0) is 17.9 Å². The molecule has 0 unspecified atom stereocenters. The summed E-state index contributed by atoms with van der Waals surface area (Å²) in [4.78, 5) is 27.9. The summed E-state index contributed by atoms with van der Waals surface area (Å²) in [6.07, 6.45) is 1.90. The van der Waals surface area contributed by atoms with Gasteiger partial charge in [0.25, 0.3) is 0 Å². The lowest BCUT2D eigenvalue weighted by atomic mass is 10.2. The molecule has 0 aliphatic carbocycles. The topological polar surface area (TPSA) is 74.2 Å². The van der Waals surface area contributed by atoms with Crippen molar-refractivity contribution in [2.24, 2.45) is 0 Å². The number of hydrogen-bond donors (Lipinski definition) is 1. The predicted molar refractivity (Wildman–Crippen MR) is 106 cm³/mol. The Bertz CT molecular complexity index is 767. The summed E-state index contributed by atoms with van der Waals surface area (Å²) >= 11 is 1.29. The minimum atomic E-state index is -0.220. The van der Waals surface area contributed by atoms with Crippen LogP contribution in [0.1, 0.15) is 25.3 Å². The number of unbranched alkanes of at least 4 members (excludes halogenated alkanes) is 1. The number of carbonyl (C=O) groups is 1. The van der Waals surface area contributed by atoms with E-state index in [1.807, 2.05) is 43.3 Å². The molecule has 7 nitrogen and oxygen atoms in total. The molecule has 0 saturated heterocycles. The number of rotatable bonds is 9. The summed E-state index contributed by atoms with van der Waals surface area (Å²) in [6, 6.07) is 8.14. The number of amides is 1. The van der Waals surface area contributed by atoms with E-state index in [2.05, 4.69) is 17.1 Å². The van der Waals surface area contributed by atoms with Crippen molar-refractivity contribution in [2.45, 2.75) is 38.0 Å². The van der Waals surface area contributed by atoms with Crippen molar-refractivity contribution in [2.75, 3.05) is 31.8 Å². The van der Waals surface area contributed by atoms with E-state index >= 15 is 0 Å². The first-order chi connectivity index (χ1) is 12.4. The summed E-state index contributed by atoms with van der Waals surface area (Å²) in [5, 5.41) is 7.05. The zero-order valence-electron chi connectivity index (χ0n) is 15.9. The van der Waals surface area contributed by atoms with E-state index in [1.165, 1.54) is 11.8 Å². The molecule has 142 valence electrons. The number of hydrogen-bond acceptors (Lipinski definition) is 5. The van der Waals surface area contributed by atoms with Crippen LogP contribution in [0.4, 0.5) is 5.69 Å². The number of nitrogens with one attached hydrogen (secondary N) is 1. The molecule has 1 aromatic heterocycles. The first kappa shape index (κ1) is 20.1. The average Bonchev–Trinajstić information content (AvgIpc) is 2.98. The van der Waals surface area contributed by atoms with Crippen LogP contribution in [-0.4, -0.2) is 52.5 Å². The van der Waals surface area contributed by atoms with Gasteiger partial charge in [0.05, 0.1) is 5.75 Å². The Morgan fingerprint density at radius 1 is 1.23 bits per heavy atom. The monoisotopic (exact) mass is 377 g/mol. The Morgan fingerprint density at radius 2 is 1.92 bits per heavy atom. The van der Waals surface area contributed by atoms with Crippen LogP contribution in [0.25, 0.3) is 0 Å². The molecule has 2 rings (SSSR count). The molecule has 1 amide bonds. The van der Waals surface area contributed by atoms with Crippen LogP contribution < -0.4 is 10.6 Å². The average molecular weight is 378 g/mol. The van der Waals surface area contributed by atoms with Gasteiger partial charge in [0, 0.05) is 39.9 Å². The Kier molecular flexibility index (Phi) is 7.32. The third-order valence-electron chi connectivity index (χ3n) is 4.08. The zero-order valence-corrected chi connectivity index (χ0v) is 16.7. The van der Waals surface area contributed by atoms with Crippen LogP contribution in [0.3, 0.4) is 0 Å². The Hall–Kier alpha value is -2.22. The largest absolute Gasteiger partial charge is 0.378 e. The Balaban J connectivity index is 1.90. The molecule has 1 aromatic carbocycles. The number of aromatic amines is 1. The van der Waals surface area contributed by atoms with Crippen molar-refractivity contribution in [3.8, 4) is 0 Å². The van der Waals surface area contributed by atoms with Gasteiger partial charge in [-0.05, 0) is 24.1 Å². The summed E-state index contributed by atoms with van der Waals surface area (Å²) in [5.41, 5.74) is 1.99. The van der Waals surface area contributed by atoms with Gasteiger partial charge in [0.1, 0.15) is 0 Å². The van der Waals surface area contributed by atoms with Gasteiger partial charge in [-0.3, -0.25) is 9.36 Å². The Labute approximate surface area is 158 Å². The van der Waals surface area contributed by atoms with Gasteiger partial charge in [-0.25, -0.2) is 9.89 Å². The lowest BCUT2D eigenvalue weighted by Crippen LogP contribution is -2.28. The number of nitrogens with zero attached hydrogens (tertiary/aromatic N) is 4. The number of benzene rings is 1. The van der Waals surface area contributed by atoms with Crippen molar-refractivity contribution >= 4 is 23.4 Å². The highest BCUT2D eigenvalue weighted by molar-refractivity contribution is 7.99. The molecular formula is C18H27N5O2S. The number of H-pyrrole nitrogens is 1. The summed E-state index contributed by atoms with van der Waals surface area (Å²) in [5.74, 6) is 0.257. The van der Waals surface area contributed by atoms with Crippen molar-refractivity contribution < 1.29 is 4.79 Å². The zero-order chi connectivity index (χ0) is 19.1. The first-order valence-electron chi connectivity index (χ1n) is 8.70. The fourth-order valence-electron chi connectivity index (χ4n) is 2.42. The lowest BCUT2D eigenvalue weighted by molar-refractivity contribution is -0.127. The van der Waals surface area contributed by atoms with E-state index in [0.717, 1.165) is 24.1 Å². The summed E-state index contributed by atoms with van der Waals surface area (Å²) in [6.45, 7) is 3.24. The van der Waals surface area contributed by atoms with Gasteiger partial charge in [-0.2, -0.15) is 0 Å². The van der Waals surface area contributed by atoms with Crippen LogP contribution in [0.15, 0.2) is 34.2 Å². The SMILES string of the molecule is CCCCn1c(SCC(=O)N(C)Cc2ccc(N(C)C)cc2)n[nH]c1=O. The van der Waals surface area contributed by atoms with E-state index in [1.54, 1.807) is 16.5 Å². The molecule has 8 heteroatoms. The third kappa shape index (κ3) is 5.39. The maximum absolute atomic E-state index is 12.4. The fraction of sp³-hybridized carbons (Fsp3) is 0.500. The van der Waals surface area contributed by atoms with E-state index < -0.39 is 0 Å². The van der Waals surface area contributed by atoms with Gasteiger partial charge >= 0.3 is 5.69 Å². The Morgan fingerprint density at radius 3 is 2.54 bits per heavy atom. The second kappa shape index (κ2) is 9.47. The van der Waals surface area contributed by atoms with Gasteiger partial charge in [0.15, 0.2) is 5.16 Å². The molecule has 1 heterocycles. The number of carbonyl (C=O) groups excluding carboxylic acids is 1. The van der Waals surface area contributed by atoms with Gasteiger partial charge in [-0.1, -0.05) is 37.2 Å². The van der Waals surface area contributed by atoms with Crippen molar-refractivity contribution in [1.82, 2.24) is 19.7 Å². The van der Waals surface area contributed by atoms with Gasteiger partial charge in [-0.15, -0.1) is 5.10 Å². The van der Waals surface area contributed by atoms with Crippen molar-refractivity contribution in [1.29, 1.82) is 0 Å². The molecule has 1 N–H and O–H groups in total. The lowest BCUT2D eigenvalue weighted by Gasteiger charge is -2.18. The fourth-order valence-corrected chi connectivity index (χ4v) is 3.34. The minimum absolute atomic E-state index is 0.00387. The van der Waals surface area contributed by atoms with Gasteiger partial charge in [0.2, 0.25) is 5.91 Å². The maximum Gasteiger partial charge on any atom is 0.343 e.